The summed E-state index contributed by atoms with van der Waals surface area (Å²) in [6, 6.07) is 0. The van der Waals surface area contributed by atoms with Crippen molar-refractivity contribution in [2.75, 3.05) is 19.6 Å². The zero-order chi connectivity index (χ0) is 10.1. The topological polar surface area (TPSA) is 89.4 Å². The van der Waals surface area contributed by atoms with Crippen molar-refractivity contribution in [3.63, 3.8) is 0 Å². The van der Waals surface area contributed by atoms with Gasteiger partial charge in [-0.15, -0.1) is 0 Å². The lowest BCUT2D eigenvalue weighted by atomic mass is 9.92. The van der Waals surface area contributed by atoms with E-state index in [0.717, 1.165) is 6.42 Å². The minimum atomic E-state index is -3.52. The van der Waals surface area contributed by atoms with Crippen molar-refractivity contribution in [1.82, 2.24) is 4.31 Å². The van der Waals surface area contributed by atoms with Crippen LogP contribution in [0.1, 0.15) is 13.3 Å². The van der Waals surface area contributed by atoms with E-state index in [0.29, 0.717) is 25.6 Å². The van der Waals surface area contributed by atoms with Crippen LogP contribution >= 0.6 is 0 Å². The Labute approximate surface area is 79.3 Å². The van der Waals surface area contributed by atoms with Crippen LogP contribution in [0.15, 0.2) is 0 Å². The molecule has 2 atom stereocenters. The Morgan fingerprint density at radius 3 is 2.54 bits per heavy atom. The summed E-state index contributed by atoms with van der Waals surface area (Å²) in [7, 11) is -3.52. The Morgan fingerprint density at radius 2 is 2.08 bits per heavy atom. The monoisotopic (exact) mass is 207 g/mol. The van der Waals surface area contributed by atoms with Crippen molar-refractivity contribution in [3.05, 3.63) is 0 Å². The van der Waals surface area contributed by atoms with Gasteiger partial charge >= 0.3 is 0 Å². The van der Waals surface area contributed by atoms with Crippen molar-refractivity contribution in [2.45, 2.75) is 13.3 Å². The van der Waals surface area contributed by atoms with Gasteiger partial charge in [-0.25, -0.2) is 5.14 Å². The first-order valence-electron chi connectivity index (χ1n) is 4.41. The molecule has 78 valence electrons. The number of nitrogens with two attached hydrogens (primary N) is 2. The highest BCUT2D eigenvalue weighted by atomic mass is 32.2. The van der Waals surface area contributed by atoms with E-state index in [-0.39, 0.29) is 5.92 Å². The number of nitrogens with zero attached hydrogens (tertiary/aromatic N) is 1. The third-order valence-electron chi connectivity index (χ3n) is 2.41. The van der Waals surface area contributed by atoms with Gasteiger partial charge in [-0.3, -0.25) is 0 Å². The van der Waals surface area contributed by atoms with Gasteiger partial charge in [0, 0.05) is 13.1 Å². The van der Waals surface area contributed by atoms with Gasteiger partial charge in [0.2, 0.25) is 0 Å². The van der Waals surface area contributed by atoms with Gasteiger partial charge in [0.1, 0.15) is 0 Å². The number of rotatable bonds is 2. The molecule has 0 amide bonds. The highest BCUT2D eigenvalue weighted by Gasteiger charge is 2.29. The molecule has 1 heterocycles. The standard InChI is InChI=1S/C7H17N3O2S/c1-6-2-7(3-8)5-10(4-6)13(9,11)12/h6-7H,2-5,8H2,1H3,(H2,9,11,12). The first-order valence-corrected chi connectivity index (χ1v) is 5.91. The average molecular weight is 207 g/mol. The molecule has 0 aromatic rings. The van der Waals surface area contributed by atoms with Crippen LogP contribution in [-0.4, -0.2) is 32.4 Å². The van der Waals surface area contributed by atoms with E-state index in [9.17, 15) is 8.42 Å². The summed E-state index contributed by atoms with van der Waals surface area (Å²) >= 11 is 0. The Kier molecular flexibility index (Phi) is 3.28. The summed E-state index contributed by atoms with van der Waals surface area (Å²) in [5.74, 6) is 0.600. The van der Waals surface area contributed by atoms with Crippen molar-refractivity contribution in [2.24, 2.45) is 22.7 Å². The van der Waals surface area contributed by atoms with Gasteiger partial charge in [-0.1, -0.05) is 6.92 Å². The molecule has 0 aromatic carbocycles. The van der Waals surface area contributed by atoms with E-state index in [4.69, 9.17) is 10.9 Å². The van der Waals surface area contributed by atoms with Gasteiger partial charge in [-0.05, 0) is 24.8 Å². The summed E-state index contributed by atoms with van der Waals surface area (Å²) in [6.45, 7) is 3.53. The molecule has 1 rings (SSSR count). The second-order valence-corrected chi connectivity index (χ2v) is 5.35. The third kappa shape index (κ3) is 2.91. The number of piperidine rings is 1. The van der Waals surface area contributed by atoms with Crippen LogP contribution in [-0.2, 0) is 10.2 Å². The maximum Gasteiger partial charge on any atom is 0.276 e. The van der Waals surface area contributed by atoms with Gasteiger partial charge in [-0.2, -0.15) is 12.7 Å². The molecular weight excluding hydrogens is 190 g/mol. The first kappa shape index (κ1) is 10.9. The summed E-state index contributed by atoms with van der Waals surface area (Å²) in [6.07, 6.45) is 0.989. The molecule has 2 unspecified atom stereocenters. The molecule has 1 aliphatic rings. The second kappa shape index (κ2) is 3.91. The minimum Gasteiger partial charge on any atom is -0.330 e. The summed E-state index contributed by atoms with van der Waals surface area (Å²) in [5, 5.41) is 5.05. The highest BCUT2D eigenvalue weighted by molar-refractivity contribution is 7.86. The van der Waals surface area contributed by atoms with Crippen molar-refractivity contribution >= 4 is 10.2 Å². The van der Waals surface area contributed by atoms with Crippen LogP contribution in [0.2, 0.25) is 0 Å². The predicted molar refractivity (Wildman–Crippen MR) is 51.0 cm³/mol. The molecule has 0 aliphatic carbocycles. The van der Waals surface area contributed by atoms with E-state index in [2.05, 4.69) is 0 Å². The average Bonchev–Trinajstić information content (AvgIpc) is 2.01. The molecule has 0 saturated carbocycles. The molecule has 13 heavy (non-hydrogen) atoms. The second-order valence-electron chi connectivity index (χ2n) is 3.80. The van der Waals surface area contributed by atoms with Gasteiger partial charge in [0.25, 0.3) is 10.2 Å². The van der Waals surface area contributed by atoms with Gasteiger partial charge < -0.3 is 5.73 Å². The van der Waals surface area contributed by atoms with E-state index in [1.165, 1.54) is 4.31 Å². The molecule has 4 N–H and O–H groups in total. The zero-order valence-corrected chi connectivity index (χ0v) is 8.63. The molecule has 0 spiro atoms. The third-order valence-corrected chi connectivity index (χ3v) is 3.42. The summed E-state index contributed by atoms with van der Waals surface area (Å²) in [5.41, 5.74) is 5.51. The van der Waals surface area contributed by atoms with Gasteiger partial charge in [0.15, 0.2) is 0 Å². The molecule has 1 fully saturated rings. The molecule has 6 heteroatoms. The largest absolute Gasteiger partial charge is 0.330 e. The van der Waals surface area contributed by atoms with Crippen LogP contribution < -0.4 is 10.9 Å². The van der Waals surface area contributed by atoms with Crippen LogP contribution in [0, 0.1) is 11.8 Å². The van der Waals surface area contributed by atoms with E-state index in [1.54, 1.807) is 0 Å². The molecule has 0 radical (unpaired) electrons. The molecule has 1 aliphatic heterocycles. The predicted octanol–water partition coefficient (Wildman–Crippen LogP) is -0.893. The normalized spacial score (nSPS) is 31.9. The smallest absolute Gasteiger partial charge is 0.276 e. The molecule has 1 saturated heterocycles. The lowest BCUT2D eigenvalue weighted by molar-refractivity contribution is 0.215. The Balaban J connectivity index is 2.68. The van der Waals surface area contributed by atoms with Crippen LogP contribution in [0.5, 0.6) is 0 Å². The minimum absolute atomic E-state index is 0.252. The van der Waals surface area contributed by atoms with E-state index >= 15 is 0 Å². The highest BCUT2D eigenvalue weighted by Crippen LogP contribution is 2.21. The van der Waals surface area contributed by atoms with E-state index < -0.39 is 10.2 Å². The molecule has 5 nitrogen and oxygen atoms in total. The fraction of sp³-hybridized carbons (Fsp3) is 1.00. The van der Waals surface area contributed by atoms with Gasteiger partial charge in [0.05, 0.1) is 0 Å². The molecule has 0 bridgehead atoms. The molecular formula is C7H17N3O2S. The maximum atomic E-state index is 11.1. The Hall–Kier alpha value is -0.170. The Morgan fingerprint density at radius 1 is 1.46 bits per heavy atom. The fourth-order valence-corrected chi connectivity index (χ4v) is 2.69. The van der Waals surface area contributed by atoms with Crippen LogP contribution in [0.3, 0.4) is 0 Å². The number of hydrogen-bond acceptors (Lipinski definition) is 3. The SMILES string of the molecule is CC1CC(CN)CN(S(N)(=O)=O)C1. The van der Waals surface area contributed by atoms with Crippen LogP contribution in [0.25, 0.3) is 0 Å². The quantitative estimate of drug-likeness (QED) is 0.615. The van der Waals surface area contributed by atoms with Crippen molar-refractivity contribution in [3.8, 4) is 0 Å². The Bertz CT molecular complexity index is 265. The fourth-order valence-electron chi connectivity index (χ4n) is 1.81. The molecule has 0 aromatic heterocycles. The lowest BCUT2D eigenvalue weighted by Crippen LogP contribution is -2.47. The zero-order valence-electron chi connectivity index (χ0n) is 7.81. The van der Waals surface area contributed by atoms with E-state index in [1.807, 2.05) is 6.92 Å². The van der Waals surface area contributed by atoms with Crippen LogP contribution in [0.4, 0.5) is 0 Å². The van der Waals surface area contributed by atoms with Crippen molar-refractivity contribution < 1.29 is 8.42 Å². The summed E-state index contributed by atoms with van der Waals surface area (Å²) < 4.78 is 23.4. The van der Waals surface area contributed by atoms with Crippen molar-refractivity contribution in [1.29, 1.82) is 0 Å². The lowest BCUT2D eigenvalue weighted by Gasteiger charge is -2.33. The maximum absolute atomic E-state index is 11.1. The summed E-state index contributed by atoms with van der Waals surface area (Å²) in [4.78, 5) is 0. The number of hydrogen-bond donors (Lipinski definition) is 2. The first-order chi connectivity index (χ1) is 5.93.